The van der Waals surface area contributed by atoms with Crippen molar-refractivity contribution in [1.29, 1.82) is 0 Å². The molecule has 1 saturated carbocycles. The molecule has 0 aliphatic heterocycles. The Morgan fingerprint density at radius 3 is 2.17 bits per heavy atom. The van der Waals surface area contributed by atoms with Gasteiger partial charge in [0.1, 0.15) is 0 Å². The molecule has 0 amide bonds. The molecule has 2 N–H and O–H groups in total. The minimum atomic E-state index is -0.627. The van der Waals surface area contributed by atoms with Crippen LogP contribution in [0.15, 0.2) is 24.3 Å². The second-order valence-corrected chi connectivity index (χ2v) is 5.49. The van der Waals surface area contributed by atoms with Gasteiger partial charge in [-0.15, -0.1) is 0 Å². The Kier molecular flexibility index (Phi) is 3.71. The molecule has 0 saturated heterocycles. The highest BCUT2D eigenvalue weighted by molar-refractivity contribution is 6.03. The molecule has 2 rings (SSSR count). The molecule has 0 aromatic heterocycles. The third-order valence-corrected chi connectivity index (χ3v) is 3.84. The molecule has 0 unspecified atom stereocenters. The van der Waals surface area contributed by atoms with E-state index in [1.807, 2.05) is 43.3 Å². The molecule has 1 aromatic carbocycles. The topological polar surface area (TPSA) is 46.3 Å². The number of nitrogens with zero attached hydrogens (tertiary/aromatic N) is 1. The highest BCUT2D eigenvalue weighted by Gasteiger charge is 2.35. The minimum Gasteiger partial charge on any atom is -0.378 e. The lowest BCUT2D eigenvalue weighted by Gasteiger charge is -2.31. The molecule has 98 valence electrons. The standard InChI is InChI=1S/C15H22N2O/c1-17(2)13-8-6-12(7-9-13)14(18)15(16)10-4-3-5-11-15/h6-9H,3-5,10-11,16H2,1-2H3. The molecule has 1 aliphatic rings. The van der Waals surface area contributed by atoms with Crippen LogP contribution in [0.5, 0.6) is 0 Å². The van der Waals surface area contributed by atoms with Gasteiger partial charge in [-0.25, -0.2) is 0 Å². The van der Waals surface area contributed by atoms with Gasteiger partial charge in [-0.05, 0) is 37.1 Å². The third kappa shape index (κ3) is 2.56. The predicted octanol–water partition coefficient (Wildman–Crippen LogP) is 2.60. The number of Topliss-reactive ketones (excluding diaryl/α,β-unsaturated/α-hetero) is 1. The van der Waals surface area contributed by atoms with E-state index in [0.29, 0.717) is 0 Å². The number of anilines is 1. The molecule has 3 nitrogen and oxygen atoms in total. The maximum absolute atomic E-state index is 12.5. The molecular formula is C15H22N2O. The van der Waals surface area contributed by atoms with Crippen LogP contribution in [-0.4, -0.2) is 25.4 Å². The monoisotopic (exact) mass is 246 g/mol. The second-order valence-electron chi connectivity index (χ2n) is 5.49. The van der Waals surface area contributed by atoms with E-state index in [1.165, 1.54) is 6.42 Å². The zero-order chi connectivity index (χ0) is 13.2. The SMILES string of the molecule is CN(C)c1ccc(C(=O)C2(N)CCCCC2)cc1. The number of carbonyl (C=O) groups is 1. The summed E-state index contributed by atoms with van der Waals surface area (Å²) in [6.45, 7) is 0. The van der Waals surface area contributed by atoms with Crippen LogP contribution >= 0.6 is 0 Å². The lowest BCUT2D eigenvalue weighted by atomic mass is 9.77. The van der Waals surface area contributed by atoms with E-state index in [4.69, 9.17) is 5.73 Å². The van der Waals surface area contributed by atoms with Gasteiger partial charge in [0.25, 0.3) is 0 Å². The van der Waals surface area contributed by atoms with Crippen molar-refractivity contribution in [2.75, 3.05) is 19.0 Å². The highest BCUT2D eigenvalue weighted by atomic mass is 16.1. The van der Waals surface area contributed by atoms with Crippen LogP contribution in [0, 0.1) is 0 Å². The highest BCUT2D eigenvalue weighted by Crippen LogP contribution is 2.29. The van der Waals surface area contributed by atoms with Crippen LogP contribution in [0.3, 0.4) is 0 Å². The number of hydrogen-bond donors (Lipinski definition) is 1. The molecule has 1 aromatic rings. The van der Waals surface area contributed by atoms with Gasteiger partial charge >= 0.3 is 0 Å². The van der Waals surface area contributed by atoms with Crippen molar-refractivity contribution in [2.24, 2.45) is 5.73 Å². The van der Waals surface area contributed by atoms with E-state index in [9.17, 15) is 4.79 Å². The van der Waals surface area contributed by atoms with Crippen molar-refractivity contribution in [1.82, 2.24) is 0 Å². The first-order valence-corrected chi connectivity index (χ1v) is 6.64. The minimum absolute atomic E-state index is 0.104. The number of carbonyl (C=O) groups excluding carboxylic acids is 1. The van der Waals surface area contributed by atoms with E-state index >= 15 is 0 Å². The summed E-state index contributed by atoms with van der Waals surface area (Å²) in [4.78, 5) is 14.5. The summed E-state index contributed by atoms with van der Waals surface area (Å²) in [5, 5.41) is 0. The Morgan fingerprint density at radius 2 is 1.67 bits per heavy atom. The summed E-state index contributed by atoms with van der Waals surface area (Å²) in [6.07, 6.45) is 4.98. The predicted molar refractivity (Wildman–Crippen MR) is 75.1 cm³/mol. The molecule has 0 atom stereocenters. The van der Waals surface area contributed by atoms with Crippen molar-refractivity contribution in [2.45, 2.75) is 37.6 Å². The summed E-state index contributed by atoms with van der Waals surface area (Å²) in [7, 11) is 3.98. The van der Waals surface area contributed by atoms with E-state index in [0.717, 1.165) is 36.9 Å². The van der Waals surface area contributed by atoms with Crippen LogP contribution in [0.2, 0.25) is 0 Å². The molecule has 0 spiro atoms. The summed E-state index contributed by atoms with van der Waals surface area (Å²) < 4.78 is 0. The molecule has 3 heteroatoms. The van der Waals surface area contributed by atoms with Gasteiger partial charge in [0.05, 0.1) is 5.54 Å². The maximum atomic E-state index is 12.5. The fourth-order valence-corrected chi connectivity index (χ4v) is 2.61. The Bertz CT molecular complexity index is 417. The molecule has 1 aliphatic carbocycles. The summed E-state index contributed by atoms with van der Waals surface area (Å²) >= 11 is 0. The average molecular weight is 246 g/mol. The van der Waals surface area contributed by atoms with E-state index in [2.05, 4.69) is 0 Å². The van der Waals surface area contributed by atoms with E-state index in [1.54, 1.807) is 0 Å². The number of rotatable bonds is 3. The molecule has 0 heterocycles. The molecule has 0 bridgehead atoms. The Hall–Kier alpha value is -1.35. The Morgan fingerprint density at radius 1 is 1.11 bits per heavy atom. The fourth-order valence-electron chi connectivity index (χ4n) is 2.61. The van der Waals surface area contributed by atoms with Gasteiger partial charge in [-0.3, -0.25) is 4.79 Å². The quantitative estimate of drug-likeness (QED) is 0.834. The number of benzene rings is 1. The number of nitrogens with two attached hydrogens (primary N) is 1. The van der Waals surface area contributed by atoms with Crippen LogP contribution in [0.4, 0.5) is 5.69 Å². The van der Waals surface area contributed by atoms with E-state index in [-0.39, 0.29) is 5.78 Å². The van der Waals surface area contributed by atoms with Gasteiger partial charge in [0.2, 0.25) is 0 Å². The van der Waals surface area contributed by atoms with Gasteiger partial charge in [0.15, 0.2) is 5.78 Å². The van der Waals surface area contributed by atoms with E-state index < -0.39 is 5.54 Å². The van der Waals surface area contributed by atoms with Crippen LogP contribution in [-0.2, 0) is 0 Å². The Labute approximate surface area is 109 Å². The smallest absolute Gasteiger partial charge is 0.182 e. The zero-order valence-corrected chi connectivity index (χ0v) is 11.3. The van der Waals surface area contributed by atoms with Gasteiger partial charge in [0, 0.05) is 25.3 Å². The molecular weight excluding hydrogens is 224 g/mol. The fraction of sp³-hybridized carbons (Fsp3) is 0.533. The van der Waals surface area contributed by atoms with Crippen LogP contribution in [0.1, 0.15) is 42.5 Å². The largest absolute Gasteiger partial charge is 0.378 e. The lowest BCUT2D eigenvalue weighted by molar-refractivity contribution is 0.0848. The van der Waals surface area contributed by atoms with Crippen molar-refractivity contribution >= 4 is 11.5 Å². The van der Waals surface area contributed by atoms with Crippen LogP contribution < -0.4 is 10.6 Å². The first kappa shape index (κ1) is 13.1. The summed E-state index contributed by atoms with van der Waals surface area (Å²) in [6, 6.07) is 7.72. The van der Waals surface area contributed by atoms with Gasteiger partial charge in [-0.2, -0.15) is 0 Å². The molecule has 18 heavy (non-hydrogen) atoms. The number of ketones is 1. The van der Waals surface area contributed by atoms with Crippen molar-refractivity contribution < 1.29 is 4.79 Å². The molecule has 0 radical (unpaired) electrons. The third-order valence-electron chi connectivity index (χ3n) is 3.84. The van der Waals surface area contributed by atoms with Crippen molar-refractivity contribution in [3.05, 3.63) is 29.8 Å². The Balaban J connectivity index is 2.17. The summed E-state index contributed by atoms with van der Waals surface area (Å²) in [5.74, 6) is 0.104. The first-order valence-electron chi connectivity index (χ1n) is 6.64. The van der Waals surface area contributed by atoms with Gasteiger partial charge < -0.3 is 10.6 Å². The maximum Gasteiger partial charge on any atom is 0.182 e. The zero-order valence-electron chi connectivity index (χ0n) is 11.3. The van der Waals surface area contributed by atoms with Crippen molar-refractivity contribution in [3.8, 4) is 0 Å². The van der Waals surface area contributed by atoms with Gasteiger partial charge in [-0.1, -0.05) is 19.3 Å². The van der Waals surface area contributed by atoms with Crippen molar-refractivity contribution in [3.63, 3.8) is 0 Å². The molecule has 1 fully saturated rings. The second kappa shape index (κ2) is 5.11. The van der Waals surface area contributed by atoms with Crippen LogP contribution in [0.25, 0.3) is 0 Å². The average Bonchev–Trinajstić information content (AvgIpc) is 2.39. The number of hydrogen-bond acceptors (Lipinski definition) is 3. The first-order chi connectivity index (χ1) is 8.53. The lowest BCUT2D eigenvalue weighted by Crippen LogP contribution is -2.49. The normalized spacial score (nSPS) is 18.4. The summed E-state index contributed by atoms with van der Waals surface area (Å²) in [5.41, 5.74) is 7.48.